The molecule has 1 unspecified atom stereocenters. The Labute approximate surface area is 128 Å². The lowest BCUT2D eigenvalue weighted by Gasteiger charge is -2.29. The highest BCUT2D eigenvalue weighted by atomic mass is 35.5. The van der Waals surface area contributed by atoms with Gasteiger partial charge in [-0.1, -0.05) is 31.5 Å². The summed E-state index contributed by atoms with van der Waals surface area (Å²) >= 11 is 6.37. The van der Waals surface area contributed by atoms with Crippen LogP contribution in [0.2, 0.25) is 5.02 Å². The number of rotatable bonds is 8. The maximum absolute atomic E-state index is 6.37. The maximum atomic E-state index is 6.37. The molecule has 0 saturated heterocycles. The second-order valence-electron chi connectivity index (χ2n) is 5.75. The Kier molecular flexibility index (Phi) is 7.35. The fraction of sp³-hybridized carbons (Fsp3) is 0.625. The van der Waals surface area contributed by atoms with Gasteiger partial charge in [-0.15, -0.1) is 0 Å². The van der Waals surface area contributed by atoms with Gasteiger partial charge in [0.2, 0.25) is 0 Å². The first-order chi connectivity index (χ1) is 9.45. The van der Waals surface area contributed by atoms with Crippen LogP contribution in [-0.4, -0.2) is 32.8 Å². The molecule has 0 aromatic heterocycles. The monoisotopic (exact) mass is 298 g/mol. The van der Waals surface area contributed by atoms with Crippen molar-refractivity contribution in [3.63, 3.8) is 0 Å². The van der Waals surface area contributed by atoms with Crippen molar-refractivity contribution in [2.75, 3.05) is 31.7 Å². The third kappa shape index (κ3) is 5.31. The van der Waals surface area contributed by atoms with Gasteiger partial charge in [-0.3, -0.25) is 0 Å². The van der Waals surface area contributed by atoms with Gasteiger partial charge in [0.1, 0.15) is 0 Å². The predicted molar refractivity (Wildman–Crippen MR) is 87.7 cm³/mol. The van der Waals surface area contributed by atoms with Gasteiger partial charge in [0.05, 0.1) is 6.61 Å². The molecule has 3 nitrogen and oxygen atoms in total. The smallest absolute Gasteiger partial charge is 0.0637 e. The number of benzene rings is 1. The van der Waals surface area contributed by atoms with Crippen molar-refractivity contribution in [3.8, 4) is 0 Å². The Balaban J connectivity index is 3.06. The molecule has 1 atom stereocenters. The summed E-state index contributed by atoms with van der Waals surface area (Å²) in [4.78, 5) is 2.34. The van der Waals surface area contributed by atoms with Crippen LogP contribution in [0, 0.1) is 5.92 Å². The predicted octanol–water partition coefficient (Wildman–Crippen LogP) is 3.34. The molecule has 0 aliphatic rings. The quantitative estimate of drug-likeness (QED) is 0.800. The van der Waals surface area contributed by atoms with Crippen molar-refractivity contribution in [1.82, 2.24) is 0 Å². The van der Waals surface area contributed by atoms with Crippen molar-refractivity contribution in [2.45, 2.75) is 33.2 Å². The minimum atomic E-state index is 0.0944. The largest absolute Gasteiger partial charge is 0.383 e. The Morgan fingerprint density at radius 1 is 1.30 bits per heavy atom. The molecule has 0 saturated carbocycles. The van der Waals surface area contributed by atoms with Gasteiger partial charge in [-0.2, -0.15) is 0 Å². The molecule has 4 heteroatoms. The maximum Gasteiger partial charge on any atom is 0.0637 e. The van der Waals surface area contributed by atoms with E-state index < -0.39 is 0 Å². The topological polar surface area (TPSA) is 38.5 Å². The minimum absolute atomic E-state index is 0.0944. The van der Waals surface area contributed by atoms with E-state index in [9.17, 15) is 0 Å². The van der Waals surface area contributed by atoms with E-state index in [0.717, 1.165) is 30.1 Å². The summed E-state index contributed by atoms with van der Waals surface area (Å²) in [5, 5.41) is 0.797. The third-order valence-corrected chi connectivity index (χ3v) is 3.47. The summed E-state index contributed by atoms with van der Waals surface area (Å²) in [5.41, 5.74) is 8.28. The van der Waals surface area contributed by atoms with Crippen molar-refractivity contribution >= 4 is 17.3 Å². The standard InChI is InChI=1S/C16H27ClN2O/c1-12(2)11-19(8-9-20-4)16-7-5-6-15(17)14(16)10-13(3)18/h5-7,12-13H,8-11,18H2,1-4H3. The Bertz CT molecular complexity index is 407. The molecular formula is C16H27ClN2O. The van der Waals surface area contributed by atoms with Crippen LogP contribution in [0.4, 0.5) is 5.69 Å². The highest BCUT2D eigenvalue weighted by Crippen LogP contribution is 2.29. The van der Waals surface area contributed by atoms with Gasteiger partial charge in [0, 0.05) is 37.0 Å². The van der Waals surface area contributed by atoms with Crippen molar-refractivity contribution in [2.24, 2.45) is 11.7 Å². The average Bonchev–Trinajstić information content (AvgIpc) is 2.36. The number of nitrogens with two attached hydrogens (primary N) is 1. The number of hydrogen-bond donors (Lipinski definition) is 1. The van der Waals surface area contributed by atoms with Crippen molar-refractivity contribution < 1.29 is 4.74 Å². The molecule has 0 radical (unpaired) electrons. The Morgan fingerprint density at radius 3 is 2.55 bits per heavy atom. The second-order valence-corrected chi connectivity index (χ2v) is 6.16. The number of anilines is 1. The molecule has 1 aromatic carbocycles. The van der Waals surface area contributed by atoms with Crippen molar-refractivity contribution in [3.05, 3.63) is 28.8 Å². The lowest BCUT2D eigenvalue weighted by Crippen LogP contribution is -2.32. The molecule has 0 fully saturated rings. The summed E-state index contributed by atoms with van der Waals surface area (Å²) < 4.78 is 5.23. The highest BCUT2D eigenvalue weighted by Gasteiger charge is 2.16. The van der Waals surface area contributed by atoms with E-state index in [4.69, 9.17) is 22.1 Å². The molecule has 0 aliphatic carbocycles. The van der Waals surface area contributed by atoms with Gasteiger partial charge in [0.15, 0.2) is 0 Å². The molecule has 114 valence electrons. The van der Waals surface area contributed by atoms with E-state index in [-0.39, 0.29) is 6.04 Å². The Hall–Kier alpha value is -0.770. The molecule has 0 spiro atoms. The van der Waals surface area contributed by atoms with Gasteiger partial charge >= 0.3 is 0 Å². The molecule has 1 aromatic rings. The SMILES string of the molecule is COCCN(CC(C)C)c1cccc(Cl)c1CC(C)N. The molecule has 2 N–H and O–H groups in total. The zero-order valence-electron chi connectivity index (χ0n) is 13.0. The van der Waals surface area contributed by atoms with Gasteiger partial charge in [-0.25, -0.2) is 0 Å². The van der Waals surface area contributed by atoms with E-state index in [1.54, 1.807) is 7.11 Å². The molecule has 20 heavy (non-hydrogen) atoms. The molecule has 0 heterocycles. The summed E-state index contributed by atoms with van der Waals surface area (Å²) in [7, 11) is 1.73. The van der Waals surface area contributed by atoms with Crippen LogP contribution in [0.25, 0.3) is 0 Å². The van der Waals surface area contributed by atoms with Crippen molar-refractivity contribution in [1.29, 1.82) is 0 Å². The number of halogens is 1. The number of nitrogens with zero attached hydrogens (tertiary/aromatic N) is 1. The van der Waals surface area contributed by atoms with E-state index in [1.807, 2.05) is 19.1 Å². The molecule has 0 aliphatic heterocycles. The van der Waals surface area contributed by atoms with Crippen LogP contribution in [0.1, 0.15) is 26.3 Å². The first-order valence-electron chi connectivity index (χ1n) is 7.22. The zero-order chi connectivity index (χ0) is 15.1. The lowest BCUT2D eigenvalue weighted by molar-refractivity contribution is 0.204. The van der Waals surface area contributed by atoms with Crippen LogP contribution in [-0.2, 0) is 11.2 Å². The molecular weight excluding hydrogens is 272 g/mol. The first kappa shape index (κ1) is 17.3. The van der Waals surface area contributed by atoms with Crippen LogP contribution in [0.3, 0.4) is 0 Å². The summed E-state index contributed by atoms with van der Waals surface area (Å²) in [6, 6.07) is 6.16. The molecule has 1 rings (SSSR count). The molecule has 0 bridgehead atoms. The van der Waals surface area contributed by atoms with Crippen LogP contribution in [0.5, 0.6) is 0 Å². The number of ether oxygens (including phenoxy) is 1. The zero-order valence-corrected chi connectivity index (χ0v) is 13.8. The minimum Gasteiger partial charge on any atom is -0.383 e. The van der Waals surface area contributed by atoms with Gasteiger partial charge in [0.25, 0.3) is 0 Å². The van der Waals surface area contributed by atoms with E-state index >= 15 is 0 Å². The lowest BCUT2D eigenvalue weighted by atomic mass is 10.0. The number of methoxy groups -OCH3 is 1. The number of hydrogen-bond acceptors (Lipinski definition) is 3. The second kappa shape index (κ2) is 8.50. The molecule has 0 amide bonds. The van der Waals surface area contributed by atoms with Crippen LogP contribution >= 0.6 is 11.6 Å². The van der Waals surface area contributed by atoms with E-state index in [0.29, 0.717) is 12.5 Å². The average molecular weight is 299 g/mol. The van der Waals surface area contributed by atoms with Crippen LogP contribution in [0.15, 0.2) is 18.2 Å². The third-order valence-electron chi connectivity index (χ3n) is 3.11. The highest BCUT2D eigenvalue weighted by molar-refractivity contribution is 6.31. The fourth-order valence-electron chi connectivity index (χ4n) is 2.32. The van der Waals surface area contributed by atoms with Crippen LogP contribution < -0.4 is 10.6 Å². The first-order valence-corrected chi connectivity index (χ1v) is 7.60. The Morgan fingerprint density at radius 2 is 2.00 bits per heavy atom. The summed E-state index contributed by atoms with van der Waals surface area (Å²) in [6.07, 6.45) is 0.788. The normalized spacial score (nSPS) is 12.8. The van der Waals surface area contributed by atoms with Gasteiger partial charge in [-0.05, 0) is 37.0 Å². The van der Waals surface area contributed by atoms with E-state index in [1.165, 1.54) is 5.69 Å². The fourth-order valence-corrected chi connectivity index (χ4v) is 2.57. The van der Waals surface area contributed by atoms with E-state index in [2.05, 4.69) is 24.8 Å². The van der Waals surface area contributed by atoms with Gasteiger partial charge < -0.3 is 15.4 Å². The summed E-state index contributed by atoms with van der Waals surface area (Å²) in [5.74, 6) is 0.578. The summed E-state index contributed by atoms with van der Waals surface area (Å²) in [6.45, 7) is 8.99.